The van der Waals surface area contributed by atoms with Crippen molar-refractivity contribution in [3.05, 3.63) is 35.4 Å². The molecule has 0 saturated carbocycles. The van der Waals surface area contributed by atoms with E-state index in [9.17, 15) is 13.6 Å². The second-order valence-electron chi connectivity index (χ2n) is 4.99. The number of nitrogens with zero attached hydrogens (tertiary/aromatic N) is 1. The first-order valence-corrected chi connectivity index (χ1v) is 5.89. The molecule has 1 fully saturated rings. The first-order valence-electron chi connectivity index (χ1n) is 5.89. The minimum absolute atomic E-state index is 0.0996. The largest absolute Gasteiger partial charge is 0.335 e. The van der Waals surface area contributed by atoms with E-state index in [0.717, 1.165) is 6.07 Å². The average Bonchev–Trinajstić information content (AvgIpc) is 2.31. The van der Waals surface area contributed by atoms with E-state index in [1.807, 2.05) is 0 Å². The Morgan fingerprint density at radius 2 is 2.11 bits per heavy atom. The van der Waals surface area contributed by atoms with Crippen LogP contribution in [0.25, 0.3) is 0 Å². The van der Waals surface area contributed by atoms with Crippen LogP contribution in [0.3, 0.4) is 0 Å². The van der Waals surface area contributed by atoms with Gasteiger partial charge in [-0.25, -0.2) is 8.78 Å². The SMILES string of the molecule is CC1(C)NCCN(Cc2cccc(F)c2F)C1=O. The van der Waals surface area contributed by atoms with Gasteiger partial charge < -0.3 is 10.2 Å². The van der Waals surface area contributed by atoms with Crippen LogP contribution in [0.1, 0.15) is 19.4 Å². The van der Waals surface area contributed by atoms with Crippen molar-refractivity contribution in [2.24, 2.45) is 0 Å². The van der Waals surface area contributed by atoms with Crippen molar-refractivity contribution >= 4 is 5.91 Å². The minimum atomic E-state index is -0.880. The maximum absolute atomic E-state index is 13.5. The molecule has 1 aromatic carbocycles. The fourth-order valence-corrected chi connectivity index (χ4v) is 2.10. The van der Waals surface area contributed by atoms with Gasteiger partial charge in [0, 0.05) is 25.2 Å². The Kier molecular flexibility index (Phi) is 3.34. The van der Waals surface area contributed by atoms with Crippen LogP contribution in [-0.2, 0) is 11.3 Å². The maximum atomic E-state index is 13.5. The van der Waals surface area contributed by atoms with Crippen molar-refractivity contribution in [3.8, 4) is 0 Å². The van der Waals surface area contributed by atoms with Crippen molar-refractivity contribution in [3.63, 3.8) is 0 Å². The summed E-state index contributed by atoms with van der Waals surface area (Å²) in [5.74, 6) is -1.85. The summed E-state index contributed by atoms with van der Waals surface area (Å²) in [5.41, 5.74) is -0.441. The summed E-state index contributed by atoms with van der Waals surface area (Å²) in [7, 11) is 0. The zero-order chi connectivity index (χ0) is 13.3. The zero-order valence-electron chi connectivity index (χ0n) is 10.5. The molecule has 0 aliphatic carbocycles. The lowest BCUT2D eigenvalue weighted by Crippen LogP contribution is -2.60. The molecule has 1 heterocycles. The van der Waals surface area contributed by atoms with Crippen molar-refractivity contribution < 1.29 is 13.6 Å². The van der Waals surface area contributed by atoms with Gasteiger partial charge in [0.05, 0.1) is 5.54 Å². The van der Waals surface area contributed by atoms with Crippen LogP contribution in [0.2, 0.25) is 0 Å². The number of benzene rings is 1. The highest BCUT2D eigenvalue weighted by molar-refractivity contribution is 5.86. The Morgan fingerprint density at radius 3 is 2.83 bits per heavy atom. The van der Waals surface area contributed by atoms with E-state index < -0.39 is 17.2 Å². The second kappa shape index (κ2) is 4.65. The van der Waals surface area contributed by atoms with Gasteiger partial charge in [-0.05, 0) is 19.9 Å². The van der Waals surface area contributed by atoms with Crippen LogP contribution in [0, 0.1) is 11.6 Å². The predicted molar refractivity (Wildman–Crippen MR) is 63.9 cm³/mol. The molecule has 0 spiro atoms. The molecule has 3 nitrogen and oxygen atoms in total. The van der Waals surface area contributed by atoms with Gasteiger partial charge in [0.25, 0.3) is 0 Å². The first-order chi connectivity index (χ1) is 8.42. The molecule has 0 radical (unpaired) electrons. The summed E-state index contributed by atoms with van der Waals surface area (Å²) < 4.78 is 26.6. The second-order valence-corrected chi connectivity index (χ2v) is 4.99. The molecule has 2 rings (SSSR count). The van der Waals surface area contributed by atoms with Gasteiger partial charge in [0.15, 0.2) is 11.6 Å². The number of carbonyl (C=O) groups is 1. The van der Waals surface area contributed by atoms with E-state index in [4.69, 9.17) is 0 Å². The molecule has 98 valence electrons. The quantitative estimate of drug-likeness (QED) is 0.870. The lowest BCUT2D eigenvalue weighted by molar-refractivity contribution is -0.140. The molecule has 0 atom stereocenters. The number of hydrogen-bond donors (Lipinski definition) is 1. The highest BCUT2D eigenvalue weighted by Gasteiger charge is 2.35. The molecular formula is C13H16F2N2O. The number of hydrogen-bond acceptors (Lipinski definition) is 2. The van der Waals surface area contributed by atoms with Gasteiger partial charge in [0.1, 0.15) is 0 Å². The average molecular weight is 254 g/mol. The van der Waals surface area contributed by atoms with Crippen molar-refractivity contribution in [1.82, 2.24) is 10.2 Å². The molecule has 1 aromatic rings. The molecule has 18 heavy (non-hydrogen) atoms. The van der Waals surface area contributed by atoms with Crippen LogP contribution in [0.4, 0.5) is 8.78 Å². The van der Waals surface area contributed by atoms with Gasteiger partial charge in [-0.3, -0.25) is 4.79 Å². The Hall–Kier alpha value is -1.49. The zero-order valence-corrected chi connectivity index (χ0v) is 10.5. The number of rotatable bonds is 2. The van der Waals surface area contributed by atoms with Crippen molar-refractivity contribution in [1.29, 1.82) is 0 Å². The summed E-state index contributed by atoms with van der Waals surface area (Å²) >= 11 is 0. The number of amides is 1. The van der Waals surface area contributed by atoms with Gasteiger partial charge >= 0.3 is 0 Å². The lowest BCUT2D eigenvalue weighted by atomic mass is 10.00. The normalized spacial score (nSPS) is 19.1. The Balaban J connectivity index is 2.19. The Bertz CT molecular complexity index is 474. The topological polar surface area (TPSA) is 32.3 Å². The van der Waals surface area contributed by atoms with Gasteiger partial charge in [-0.1, -0.05) is 12.1 Å². The van der Waals surface area contributed by atoms with Crippen LogP contribution in [0.15, 0.2) is 18.2 Å². The van der Waals surface area contributed by atoms with E-state index in [-0.39, 0.29) is 18.0 Å². The summed E-state index contributed by atoms with van der Waals surface area (Å²) in [6.07, 6.45) is 0. The molecule has 1 N–H and O–H groups in total. The molecule has 1 saturated heterocycles. The molecular weight excluding hydrogens is 238 g/mol. The van der Waals surface area contributed by atoms with Crippen molar-refractivity contribution in [2.45, 2.75) is 25.9 Å². The fourth-order valence-electron chi connectivity index (χ4n) is 2.10. The molecule has 5 heteroatoms. The van der Waals surface area contributed by atoms with Crippen LogP contribution >= 0.6 is 0 Å². The lowest BCUT2D eigenvalue weighted by Gasteiger charge is -2.38. The molecule has 0 aromatic heterocycles. The summed E-state index contributed by atoms with van der Waals surface area (Å²) in [6, 6.07) is 4.02. The van der Waals surface area contributed by atoms with E-state index in [1.54, 1.807) is 18.7 Å². The van der Waals surface area contributed by atoms with E-state index in [0.29, 0.717) is 13.1 Å². The van der Waals surface area contributed by atoms with Crippen LogP contribution in [0.5, 0.6) is 0 Å². The molecule has 0 unspecified atom stereocenters. The Morgan fingerprint density at radius 1 is 1.39 bits per heavy atom. The van der Waals surface area contributed by atoms with Gasteiger partial charge in [-0.2, -0.15) is 0 Å². The highest BCUT2D eigenvalue weighted by atomic mass is 19.2. The fraction of sp³-hybridized carbons (Fsp3) is 0.462. The summed E-state index contributed by atoms with van der Waals surface area (Å²) in [5, 5.41) is 3.09. The highest BCUT2D eigenvalue weighted by Crippen LogP contribution is 2.18. The third kappa shape index (κ3) is 2.36. The van der Waals surface area contributed by atoms with E-state index in [2.05, 4.69) is 5.32 Å². The van der Waals surface area contributed by atoms with Crippen molar-refractivity contribution in [2.75, 3.05) is 13.1 Å². The van der Waals surface area contributed by atoms with Gasteiger partial charge in [-0.15, -0.1) is 0 Å². The molecule has 1 amide bonds. The standard InChI is InChI=1S/C13H16F2N2O/c1-13(2)12(18)17(7-6-16-13)8-9-4-3-5-10(14)11(9)15/h3-5,16H,6-8H2,1-2H3. The Labute approximate surface area is 105 Å². The van der Waals surface area contributed by atoms with E-state index in [1.165, 1.54) is 12.1 Å². The summed E-state index contributed by atoms with van der Waals surface area (Å²) in [6.45, 7) is 4.81. The van der Waals surface area contributed by atoms with Crippen LogP contribution < -0.4 is 5.32 Å². The van der Waals surface area contributed by atoms with Crippen LogP contribution in [-0.4, -0.2) is 29.4 Å². The smallest absolute Gasteiger partial charge is 0.242 e. The number of carbonyl (C=O) groups excluding carboxylic acids is 1. The number of halogens is 2. The first kappa shape index (κ1) is 13.0. The van der Waals surface area contributed by atoms with Gasteiger partial charge in [0.2, 0.25) is 5.91 Å². The maximum Gasteiger partial charge on any atom is 0.242 e. The predicted octanol–water partition coefficient (Wildman–Crippen LogP) is 1.68. The number of piperazine rings is 1. The molecule has 0 bridgehead atoms. The third-order valence-electron chi connectivity index (χ3n) is 3.16. The number of nitrogens with one attached hydrogen (secondary N) is 1. The molecule has 1 aliphatic heterocycles. The third-order valence-corrected chi connectivity index (χ3v) is 3.16. The monoisotopic (exact) mass is 254 g/mol. The summed E-state index contributed by atoms with van der Waals surface area (Å²) in [4.78, 5) is 13.6. The molecule has 1 aliphatic rings. The minimum Gasteiger partial charge on any atom is -0.335 e. The van der Waals surface area contributed by atoms with E-state index >= 15 is 0 Å².